The summed E-state index contributed by atoms with van der Waals surface area (Å²) in [6.45, 7) is 2.92. The van der Waals surface area contributed by atoms with Crippen molar-refractivity contribution in [2.45, 2.75) is 31.4 Å². The van der Waals surface area contributed by atoms with Gasteiger partial charge < -0.3 is 11.1 Å². The van der Waals surface area contributed by atoms with Crippen LogP contribution in [-0.2, 0) is 0 Å². The molecule has 0 radical (unpaired) electrons. The molecule has 0 amide bonds. The molecule has 0 aliphatic carbocycles. The molecular weight excluding hydrogens is 262 g/mol. The van der Waals surface area contributed by atoms with E-state index in [4.69, 9.17) is 18.0 Å². The molecule has 0 saturated carbocycles. The van der Waals surface area contributed by atoms with Gasteiger partial charge >= 0.3 is 0 Å². The van der Waals surface area contributed by atoms with E-state index >= 15 is 0 Å². The molecule has 3 N–H and O–H groups in total. The standard InChI is InChI=1S/C13H19N3S2/c1-9-5-6-11(12(14)17)13(16-9)15-8-10-4-2-3-7-18-10/h5-6,10H,2-4,7-8H2,1H3,(H2,14,17)(H,15,16). The summed E-state index contributed by atoms with van der Waals surface area (Å²) in [6.07, 6.45) is 3.97. The maximum Gasteiger partial charge on any atom is 0.136 e. The van der Waals surface area contributed by atoms with Crippen LogP contribution in [0, 0.1) is 6.92 Å². The van der Waals surface area contributed by atoms with E-state index in [-0.39, 0.29) is 0 Å². The zero-order chi connectivity index (χ0) is 13.0. The number of nitrogens with one attached hydrogen (secondary N) is 1. The van der Waals surface area contributed by atoms with Gasteiger partial charge in [0.1, 0.15) is 10.8 Å². The number of rotatable bonds is 4. The number of anilines is 1. The molecule has 5 heteroatoms. The summed E-state index contributed by atoms with van der Waals surface area (Å²) in [5.41, 5.74) is 7.54. The summed E-state index contributed by atoms with van der Waals surface area (Å²) in [5, 5.41) is 4.09. The number of aromatic nitrogens is 1. The number of hydrogen-bond donors (Lipinski definition) is 2. The van der Waals surface area contributed by atoms with Crippen molar-refractivity contribution in [2.75, 3.05) is 17.6 Å². The second-order valence-electron chi connectivity index (χ2n) is 4.58. The third-order valence-electron chi connectivity index (χ3n) is 3.07. The third kappa shape index (κ3) is 3.59. The van der Waals surface area contributed by atoms with Gasteiger partial charge in [-0.3, -0.25) is 0 Å². The fourth-order valence-corrected chi connectivity index (χ4v) is 3.47. The van der Waals surface area contributed by atoms with Crippen molar-refractivity contribution >= 4 is 34.8 Å². The third-order valence-corrected chi connectivity index (χ3v) is 4.69. The highest BCUT2D eigenvalue weighted by Crippen LogP contribution is 2.25. The molecule has 0 aromatic carbocycles. The molecule has 98 valence electrons. The Morgan fingerprint density at radius 2 is 2.39 bits per heavy atom. The van der Waals surface area contributed by atoms with Crippen LogP contribution in [0.25, 0.3) is 0 Å². The Labute approximate surface area is 118 Å². The highest BCUT2D eigenvalue weighted by molar-refractivity contribution is 7.99. The van der Waals surface area contributed by atoms with Gasteiger partial charge in [-0.05, 0) is 37.7 Å². The molecule has 18 heavy (non-hydrogen) atoms. The van der Waals surface area contributed by atoms with Crippen LogP contribution in [0.15, 0.2) is 12.1 Å². The van der Waals surface area contributed by atoms with Crippen LogP contribution in [0.4, 0.5) is 5.82 Å². The molecule has 1 fully saturated rings. The Kier molecular flexibility index (Phi) is 4.83. The smallest absolute Gasteiger partial charge is 0.136 e. The highest BCUT2D eigenvalue weighted by Gasteiger charge is 2.15. The van der Waals surface area contributed by atoms with E-state index in [1.807, 2.05) is 30.8 Å². The Hall–Kier alpha value is -0.810. The minimum absolute atomic E-state index is 0.404. The van der Waals surface area contributed by atoms with Crippen molar-refractivity contribution in [1.29, 1.82) is 0 Å². The molecule has 1 saturated heterocycles. The lowest BCUT2D eigenvalue weighted by Gasteiger charge is -2.22. The van der Waals surface area contributed by atoms with Crippen molar-refractivity contribution in [3.8, 4) is 0 Å². The maximum atomic E-state index is 5.72. The van der Waals surface area contributed by atoms with Gasteiger partial charge in [-0.1, -0.05) is 18.6 Å². The predicted octanol–water partition coefficient (Wildman–Crippen LogP) is 2.72. The molecule has 0 spiro atoms. The van der Waals surface area contributed by atoms with Gasteiger partial charge in [0, 0.05) is 17.5 Å². The topological polar surface area (TPSA) is 50.9 Å². The molecule has 2 rings (SSSR count). The van der Waals surface area contributed by atoms with Gasteiger partial charge in [0.15, 0.2) is 0 Å². The van der Waals surface area contributed by atoms with Gasteiger partial charge in [0.05, 0.1) is 5.56 Å². The second-order valence-corrected chi connectivity index (χ2v) is 6.43. The van der Waals surface area contributed by atoms with Crippen molar-refractivity contribution in [3.63, 3.8) is 0 Å². The first-order valence-electron chi connectivity index (χ1n) is 6.30. The van der Waals surface area contributed by atoms with Gasteiger partial charge in [0.25, 0.3) is 0 Å². The van der Waals surface area contributed by atoms with E-state index in [2.05, 4.69) is 10.3 Å². The van der Waals surface area contributed by atoms with Gasteiger partial charge in [0.2, 0.25) is 0 Å². The average molecular weight is 281 g/mol. The van der Waals surface area contributed by atoms with E-state index in [0.29, 0.717) is 10.2 Å². The lowest BCUT2D eigenvalue weighted by atomic mass is 10.2. The molecule has 1 aliphatic heterocycles. The first-order chi connectivity index (χ1) is 8.66. The van der Waals surface area contributed by atoms with Crippen molar-refractivity contribution < 1.29 is 0 Å². The minimum Gasteiger partial charge on any atom is -0.389 e. The van der Waals surface area contributed by atoms with E-state index < -0.39 is 0 Å². The quantitative estimate of drug-likeness (QED) is 0.831. The zero-order valence-corrected chi connectivity index (χ0v) is 12.2. The second kappa shape index (κ2) is 6.38. The normalized spacial score (nSPS) is 19.5. The lowest BCUT2D eigenvalue weighted by Crippen LogP contribution is -2.22. The molecule has 1 aromatic rings. The molecule has 1 atom stereocenters. The zero-order valence-electron chi connectivity index (χ0n) is 10.6. The summed E-state index contributed by atoms with van der Waals surface area (Å²) in [6, 6.07) is 3.88. The summed E-state index contributed by atoms with van der Waals surface area (Å²) in [7, 11) is 0. The Balaban J connectivity index is 2.03. The number of aryl methyl sites for hydroxylation is 1. The number of thioether (sulfide) groups is 1. The van der Waals surface area contributed by atoms with E-state index in [1.54, 1.807) is 0 Å². The number of pyridine rings is 1. The Bertz CT molecular complexity index is 428. The summed E-state index contributed by atoms with van der Waals surface area (Å²) in [5.74, 6) is 2.10. The SMILES string of the molecule is Cc1ccc(C(N)=S)c(NCC2CCCCS2)n1. The lowest BCUT2D eigenvalue weighted by molar-refractivity contribution is 0.677. The monoisotopic (exact) mass is 281 g/mol. The summed E-state index contributed by atoms with van der Waals surface area (Å²) < 4.78 is 0. The molecular formula is C13H19N3S2. The van der Waals surface area contributed by atoms with Crippen LogP contribution < -0.4 is 11.1 Å². The Morgan fingerprint density at radius 1 is 1.56 bits per heavy atom. The molecule has 1 unspecified atom stereocenters. The maximum absolute atomic E-state index is 5.72. The van der Waals surface area contributed by atoms with Crippen LogP contribution in [-0.4, -0.2) is 27.5 Å². The average Bonchev–Trinajstić information content (AvgIpc) is 2.37. The number of nitrogens with zero attached hydrogens (tertiary/aromatic N) is 1. The van der Waals surface area contributed by atoms with Gasteiger partial charge in [-0.2, -0.15) is 11.8 Å². The first-order valence-corrected chi connectivity index (χ1v) is 7.75. The highest BCUT2D eigenvalue weighted by atomic mass is 32.2. The number of hydrogen-bond acceptors (Lipinski definition) is 4. The van der Waals surface area contributed by atoms with E-state index in [0.717, 1.165) is 23.6 Å². The van der Waals surface area contributed by atoms with Crippen LogP contribution in [0.5, 0.6) is 0 Å². The molecule has 1 aliphatic rings. The fraction of sp³-hybridized carbons (Fsp3) is 0.538. The van der Waals surface area contributed by atoms with Crippen molar-refractivity contribution in [1.82, 2.24) is 4.98 Å². The van der Waals surface area contributed by atoms with Crippen molar-refractivity contribution in [3.05, 3.63) is 23.4 Å². The largest absolute Gasteiger partial charge is 0.389 e. The van der Waals surface area contributed by atoms with Crippen LogP contribution >= 0.6 is 24.0 Å². The first kappa shape index (κ1) is 13.6. The number of nitrogens with two attached hydrogens (primary N) is 1. The van der Waals surface area contributed by atoms with Crippen molar-refractivity contribution in [2.24, 2.45) is 5.73 Å². The van der Waals surface area contributed by atoms with Gasteiger partial charge in [-0.25, -0.2) is 4.98 Å². The Morgan fingerprint density at radius 3 is 3.06 bits per heavy atom. The van der Waals surface area contributed by atoms with E-state index in [1.165, 1.54) is 25.0 Å². The molecule has 0 bridgehead atoms. The van der Waals surface area contributed by atoms with E-state index in [9.17, 15) is 0 Å². The van der Waals surface area contributed by atoms with Crippen LogP contribution in [0.2, 0.25) is 0 Å². The molecule has 2 heterocycles. The van der Waals surface area contributed by atoms with Gasteiger partial charge in [-0.15, -0.1) is 0 Å². The fourth-order valence-electron chi connectivity index (χ4n) is 2.07. The minimum atomic E-state index is 0.404. The molecule has 3 nitrogen and oxygen atoms in total. The summed E-state index contributed by atoms with van der Waals surface area (Å²) >= 11 is 7.10. The summed E-state index contributed by atoms with van der Waals surface area (Å²) in [4.78, 5) is 4.89. The van der Waals surface area contributed by atoms with Crippen LogP contribution in [0.3, 0.4) is 0 Å². The molecule has 1 aromatic heterocycles. The predicted molar refractivity (Wildman–Crippen MR) is 83.4 cm³/mol. The number of thiocarbonyl (C=S) groups is 1. The van der Waals surface area contributed by atoms with Crippen LogP contribution in [0.1, 0.15) is 30.5 Å².